The molecule has 0 aliphatic heterocycles. The fourth-order valence-electron chi connectivity index (χ4n) is 1.09. The van der Waals surface area contributed by atoms with Crippen LogP contribution in [-0.2, 0) is 14.3 Å². The zero-order valence-corrected chi connectivity index (χ0v) is 10.7. The van der Waals surface area contributed by atoms with Gasteiger partial charge in [-0.15, -0.1) is 0 Å². The number of allylic oxidation sites excluding steroid dienone is 3. The maximum Gasteiger partial charge on any atom is 0.289 e. The molecule has 0 N–H and O–H groups in total. The molecule has 0 unspecified atom stereocenters. The van der Waals surface area contributed by atoms with Gasteiger partial charge in [-0.25, -0.2) is 0 Å². The van der Waals surface area contributed by atoms with Crippen LogP contribution in [0.5, 0.6) is 0 Å². The van der Waals surface area contributed by atoms with Gasteiger partial charge in [0.2, 0.25) is 0 Å². The topological polar surface area (TPSA) is 43.4 Å². The third-order valence-electron chi connectivity index (χ3n) is 1.72. The van der Waals surface area contributed by atoms with Gasteiger partial charge in [-0.05, 0) is 40.5 Å². The molecular weight excluding hydrogens is 212 g/mol. The first-order chi connectivity index (χ1) is 6.87. The van der Waals surface area contributed by atoms with Crippen LogP contribution in [0.4, 0.5) is 0 Å². The van der Waals surface area contributed by atoms with Crippen molar-refractivity contribution in [3.05, 3.63) is 22.6 Å². The average Bonchev–Trinajstić information content (AvgIpc) is 2.01. The summed E-state index contributed by atoms with van der Waals surface area (Å²) in [6.07, 6.45) is 3.70. The lowest BCUT2D eigenvalue weighted by Crippen LogP contribution is -2.01. The van der Waals surface area contributed by atoms with Crippen LogP contribution in [0.1, 0.15) is 40.5 Å². The van der Waals surface area contributed by atoms with Crippen molar-refractivity contribution in [2.75, 3.05) is 6.61 Å². The zero-order chi connectivity index (χ0) is 11.9. The second-order valence-corrected chi connectivity index (χ2v) is 5.14. The Labute approximate surface area is 93.0 Å². The van der Waals surface area contributed by atoms with Crippen LogP contribution in [-0.4, -0.2) is 15.0 Å². The number of rotatable bonds is 6. The van der Waals surface area contributed by atoms with Gasteiger partial charge >= 0.3 is 0 Å². The number of hydrogen-bond donors (Lipinski definition) is 0. The lowest BCUT2D eigenvalue weighted by molar-refractivity contribution is 0.344. The quantitative estimate of drug-likeness (QED) is 0.522. The Hall–Kier alpha value is -0.610. The fraction of sp³-hybridized carbons (Fsp3) is 0.636. The molecule has 0 aromatic rings. The minimum Gasteiger partial charge on any atom is -0.267 e. The molecule has 0 atom stereocenters. The van der Waals surface area contributed by atoms with Crippen LogP contribution in [0.2, 0.25) is 0 Å². The van der Waals surface area contributed by atoms with Crippen LogP contribution >= 0.6 is 0 Å². The predicted octanol–water partition coefficient (Wildman–Crippen LogP) is 3.00. The maximum absolute atomic E-state index is 11.2. The molecule has 0 aromatic heterocycles. The summed E-state index contributed by atoms with van der Waals surface area (Å²) in [7, 11) is -3.46. The normalized spacial score (nSPS) is 12.7. The van der Waals surface area contributed by atoms with Crippen molar-refractivity contribution in [3.8, 4) is 0 Å². The summed E-state index contributed by atoms with van der Waals surface area (Å²) in [6, 6.07) is 0. The van der Waals surface area contributed by atoms with Gasteiger partial charge in [-0.3, -0.25) is 4.18 Å². The van der Waals surface area contributed by atoms with E-state index in [1.165, 1.54) is 11.0 Å². The van der Waals surface area contributed by atoms with Crippen LogP contribution in [0, 0.1) is 0 Å². The molecule has 0 aliphatic carbocycles. The summed E-state index contributed by atoms with van der Waals surface area (Å²) in [5, 5.41) is 1.20. The summed E-state index contributed by atoms with van der Waals surface area (Å²) in [5.41, 5.74) is 2.07. The van der Waals surface area contributed by atoms with Gasteiger partial charge in [0.15, 0.2) is 0 Å². The first kappa shape index (κ1) is 14.4. The van der Waals surface area contributed by atoms with E-state index < -0.39 is 10.1 Å². The van der Waals surface area contributed by atoms with E-state index in [1.807, 2.05) is 13.8 Å². The highest BCUT2D eigenvalue weighted by molar-refractivity contribution is 7.89. The average molecular weight is 232 g/mol. The lowest BCUT2D eigenvalue weighted by Gasteiger charge is -2.00. The van der Waals surface area contributed by atoms with Gasteiger partial charge in [-0.2, -0.15) is 8.42 Å². The van der Waals surface area contributed by atoms with Gasteiger partial charge in [-0.1, -0.05) is 17.2 Å². The SMILES string of the molecule is CCOS(=O)(=O)/C=C(\C)CCC=C(C)C. The Morgan fingerprint density at radius 2 is 1.87 bits per heavy atom. The molecule has 0 aromatic carbocycles. The highest BCUT2D eigenvalue weighted by atomic mass is 32.2. The molecule has 0 spiro atoms. The van der Waals surface area contributed by atoms with E-state index in [0.717, 1.165) is 18.4 Å². The van der Waals surface area contributed by atoms with Crippen molar-refractivity contribution in [3.63, 3.8) is 0 Å². The van der Waals surface area contributed by atoms with Crippen LogP contribution in [0.3, 0.4) is 0 Å². The monoisotopic (exact) mass is 232 g/mol. The van der Waals surface area contributed by atoms with Crippen molar-refractivity contribution < 1.29 is 12.6 Å². The molecule has 0 rings (SSSR count). The minimum absolute atomic E-state index is 0.181. The van der Waals surface area contributed by atoms with E-state index in [1.54, 1.807) is 13.8 Å². The Balaban J connectivity index is 4.26. The summed E-state index contributed by atoms with van der Waals surface area (Å²) in [6.45, 7) is 7.69. The molecule has 0 saturated heterocycles. The lowest BCUT2D eigenvalue weighted by atomic mass is 10.1. The molecule has 0 fully saturated rings. The van der Waals surface area contributed by atoms with Crippen molar-refractivity contribution in [1.82, 2.24) is 0 Å². The van der Waals surface area contributed by atoms with E-state index in [9.17, 15) is 8.42 Å². The Morgan fingerprint density at radius 3 is 2.33 bits per heavy atom. The van der Waals surface area contributed by atoms with E-state index in [-0.39, 0.29) is 6.61 Å². The molecule has 15 heavy (non-hydrogen) atoms. The van der Waals surface area contributed by atoms with Gasteiger partial charge in [0.1, 0.15) is 0 Å². The summed E-state index contributed by atoms with van der Waals surface area (Å²) >= 11 is 0. The number of hydrogen-bond acceptors (Lipinski definition) is 3. The Kier molecular flexibility index (Phi) is 6.52. The molecule has 88 valence electrons. The smallest absolute Gasteiger partial charge is 0.267 e. The van der Waals surface area contributed by atoms with Gasteiger partial charge in [0.05, 0.1) is 12.0 Å². The summed E-state index contributed by atoms with van der Waals surface area (Å²) < 4.78 is 27.1. The maximum atomic E-state index is 11.2. The summed E-state index contributed by atoms with van der Waals surface area (Å²) in [4.78, 5) is 0. The van der Waals surface area contributed by atoms with Crippen LogP contribution < -0.4 is 0 Å². The molecule has 0 amide bonds. The van der Waals surface area contributed by atoms with E-state index >= 15 is 0 Å². The third kappa shape index (κ3) is 8.39. The van der Waals surface area contributed by atoms with E-state index in [0.29, 0.717) is 0 Å². The molecule has 0 radical (unpaired) electrons. The Morgan fingerprint density at radius 1 is 1.27 bits per heavy atom. The first-order valence-electron chi connectivity index (χ1n) is 5.07. The standard InChI is InChI=1S/C11H20O3S/c1-5-14-15(12,13)9-11(4)8-6-7-10(2)3/h7,9H,5-6,8H2,1-4H3/b11-9+. The van der Waals surface area contributed by atoms with Crippen molar-refractivity contribution >= 4 is 10.1 Å². The van der Waals surface area contributed by atoms with Crippen molar-refractivity contribution in [2.45, 2.75) is 40.5 Å². The molecule has 0 aliphatic rings. The molecule has 0 bridgehead atoms. The minimum atomic E-state index is -3.46. The second-order valence-electron chi connectivity index (χ2n) is 3.68. The molecule has 0 saturated carbocycles. The van der Waals surface area contributed by atoms with Crippen molar-refractivity contribution in [2.24, 2.45) is 0 Å². The van der Waals surface area contributed by atoms with Gasteiger partial charge < -0.3 is 0 Å². The van der Waals surface area contributed by atoms with Crippen LogP contribution in [0.15, 0.2) is 22.6 Å². The first-order valence-corrected chi connectivity index (χ1v) is 6.54. The molecule has 4 heteroatoms. The Bertz CT molecular complexity index is 333. The van der Waals surface area contributed by atoms with E-state index in [2.05, 4.69) is 10.3 Å². The van der Waals surface area contributed by atoms with E-state index in [4.69, 9.17) is 0 Å². The summed E-state index contributed by atoms with van der Waals surface area (Å²) in [5.74, 6) is 0. The zero-order valence-electron chi connectivity index (χ0n) is 9.91. The van der Waals surface area contributed by atoms with Gasteiger partial charge in [0.25, 0.3) is 10.1 Å². The molecule has 0 heterocycles. The highest BCUT2D eigenvalue weighted by Crippen LogP contribution is 2.09. The second kappa shape index (κ2) is 6.80. The van der Waals surface area contributed by atoms with Crippen molar-refractivity contribution in [1.29, 1.82) is 0 Å². The van der Waals surface area contributed by atoms with Gasteiger partial charge in [0, 0.05) is 0 Å². The molecule has 3 nitrogen and oxygen atoms in total. The largest absolute Gasteiger partial charge is 0.289 e. The predicted molar refractivity (Wildman–Crippen MR) is 63.0 cm³/mol. The van der Waals surface area contributed by atoms with Crippen LogP contribution in [0.25, 0.3) is 0 Å². The fourth-order valence-corrected chi connectivity index (χ4v) is 2.10. The highest BCUT2D eigenvalue weighted by Gasteiger charge is 2.05. The third-order valence-corrected chi connectivity index (χ3v) is 2.97. The molecular formula is C11H20O3S.